The molecule has 1 aromatic carbocycles. The predicted octanol–water partition coefficient (Wildman–Crippen LogP) is 0.500. The molecule has 0 spiro atoms. The molecule has 0 atom stereocenters. The summed E-state index contributed by atoms with van der Waals surface area (Å²) in [6.07, 6.45) is 0. The first-order chi connectivity index (χ1) is 10.2. The molecule has 0 unspecified atom stereocenters. The highest BCUT2D eigenvalue weighted by molar-refractivity contribution is 6.00. The van der Waals surface area contributed by atoms with Crippen LogP contribution in [0.5, 0.6) is 0 Å². The number of nitrogens with zero attached hydrogens (tertiary/aromatic N) is 2. The van der Waals surface area contributed by atoms with Crippen LogP contribution in [-0.2, 0) is 0 Å². The summed E-state index contributed by atoms with van der Waals surface area (Å²) >= 11 is 0. The zero-order chi connectivity index (χ0) is 14.8. The van der Waals surface area contributed by atoms with Crippen molar-refractivity contribution in [2.24, 2.45) is 0 Å². The second-order valence-electron chi connectivity index (χ2n) is 5.35. The SMILES string of the molecule is Nc1cccc2cc(C(=O)N3CCN(CCO)CC3)[nH]c12. The van der Waals surface area contributed by atoms with Crippen molar-refractivity contribution in [1.29, 1.82) is 0 Å². The minimum atomic E-state index is 0.00856. The van der Waals surface area contributed by atoms with Gasteiger partial charge in [-0.15, -0.1) is 0 Å². The number of hydrogen-bond donors (Lipinski definition) is 3. The molecule has 6 nitrogen and oxygen atoms in total. The number of fused-ring (bicyclic) bond motifs is 1. The van der Waals surface area contributed by atoms with E-state index in [2.05, 4.69) is 9.88 Å². The molecule has 1 aliphatic rings. The van der Waals surface area contributed by atoms with Gasteiger partial charge in [-0.2, -0.15) is 0 Å². The van der Waals surface area contributed by atoms with Crippen molar-refractivity contribution >= 4 is 22.5 Å². The van der Waals surface area contributed by atoms with Crippen LogP contribution < -0.4 is 5.73 Å². The number of carbonyl (C=O) groups is 1. The molecule has 1 aromatic heterocycles. The summed E-state index contributed by atoms with van der Waals surface area (Å²) in [6, 6.07) is 7.50. The van der Waals surface area contributed by atoms with Crippen LogP contribution in [-0.4, -0.2) is 65.1 Å². The van der Waals surface area contributed by atoms with Crippen LogP contribution in [0.1, 0.15) is 10.5 Å². The van der Waals surface area contributed by atoms with E-state index in [1.807, 2.05) is 29.2 Å². The van der Waals surface area contributed by atoms with E-state index < -0.39 is 0 Å². The van der Waals surface area contributed by atoms with E-state index in [1.165, 1.54) is 0 Å². The average Bonchev–Trinajstić information content (AvgIpc) is 2.93. The molecule has 4 N–H and O–H groups in total. The summed E-state index contributed by atoms with van der Waals surface area (Å²) in [7, 11) is 0. The van der Waals surface area contributed by atoms with Crippen LogP contribution in [0.4, 0.5) is 5.69 Å². The minimum absolute atomic E-state index is 0.00856. The second-order valence-corrected chi connectivity index (χ2v) is 5.35. The number of para-hydroxylation sites is 1. The molecule has 3 rings (SSSR count). The normalized spacial score (nSPS) is 16.5. The number of nitrogens with one attached hydrogen (secondary N) is 1. The lowest BCUT2D eigenvalue weighted by atomic mass is 10.2. The molecule has 6 heteroatoms. The maximum Gasteiger partial charge on any atom is 0.270 e. The van der Waals surface area contributed by atoms with Crippen molar-refractivity contribution in [3.05, 3.63) is 30.0 Å². The van der Waals surface area contributed by atoms with Crippen LogP contribution in [0.3, 0.4) is 0 Å². The number of aliphatic hydroxyl groups excluding tert-OH is 1. The summed E-state index contributed by atoms with van der Waals surface area (Å²) in [6.45, 7) is 3.80. The fourth-order valence-corrected chi connectivity index (χ4v) is 2.78. The third kappa shape index (κ3) is 2.72. The second kappa shape index (κ2) is 5.75. The molecule has 21 heavy (non-hydrogen) atoms. The van der Waals surface area contributed by atoms with Gasteiger partial charge in [0.1, 0.15) is 5.69 Å². The fraction of sp³-hybridized carbons (Fsp3) is 0.400. The van der Waals surface area contributed by atoms with Gasteiger partial charge in [0.15, 0.2) is 0 Å². The molecule has 1 amide bonds. The Labute approximate surface area is 123 Å². The molecular formula is C15H20N4O2. The van der Waals surface area contributed by atoms with E-state index in [0.29, 0.717) is 31.0 Å². The minimum Gasteiger partial charge on any atom is -0.397 e. The first kappa shape index (κ1) is 13.9. The number of aromatic amines is 1. The number of aliphatic hydroxyl groups is 1. The van der Waals surface area contributed by atoms with Gasteiger partial charge in [-0.05, 0) is 12.1 Å². The number of hydrogen-bond acceptors (Lipinski definition) is 4. The Hall–Kier alpha value is -2.05. The molecule has 2 heterocycles. The summed E-state index contributed by atoms with van der Waals surface area (Å²) in [5.41, 5.74) is 7.97. The Kier molecular flexibility index (Phi) is 3.81. The highest BCUT2D eigenvalue weighted by atomic mass is 16.3. The zero-order valence-electron chi connectivity index (χ0n) is 11.9. The van der Waals surface area contributed by atoms with Crippen molar-refractivity contribution in [3.8, 4) is 0 Å². The quantitative estimate of drug-likeness (QED) is 0.718. The van der Waals surface area contributed by atoms with Crippen molar-refractivity contribution < 1.29 is 9.90 Å². The van der Waals surface area contributed by atoms with E-state index in [9.17, 15) is 4.79 Å². The van der Waals surface area contributed by atoms with E-state index in [1.54, 1.807) is 0 Å². The van der Waals surface area contributed by atoms with E-state index in [-0.39, 0.29) is 12.5 Å². The standard InChI is InChI=1S/C15H20N4O2/c16-12-3-1-2-11-10-13(17-14(11)12)15(21)19-6-4-18(5-7-19)8-9-20/h1-3,10,17,20H,4-9,16H2. The Morgan fingerprint density at radius 1 is 1.29 bits per heavy atom. The number of H-pyrrole nitrogens is 1. The molecule has 112 valence electrons. The first-order valence-corrected chi connectivity index (χ1v) is 7.19. The van der Waals surface area contributed by atoms with Crippen molar-refractivity contribution in [1.82, 2.24) is 14.8 Å². The molecule has 0 saturated carbocycles. The number of piperazine rings is 1. The monoisotopic (exact) mass is 288 g/mol. The van der Waals surface area contributed by atoms with Crippen LogP contribution in [0, 0.1) is 0 Å². The maximum atomic E-state index is 12.5. The molecule has 1 fully saturated rings. The van der Waals surface area contributed by atoms with Crippen molar-refractivity contribution in [2.45, 2.75) is 0 Å². The lowest BCUT2D eigenvalue weighted by Crippen LogP contribution is -2.49. The lowest BCUT2D eigenvalue weighted by molar-refractivity contribution is 0.0610. The van der Waals surface area contributed by atoms with Gasteiger partial charge in [-0.25, -0.2) is 0 Å². The number of amides is 1. The van der Waals surface area contributed by atoms with E-state index in [0.717, 1.165) is 24.0 Å². The smallest absolute Gasteiger partial charge is 0.270 e. The molecule has 0 radical (unpaired) electrons. The number of anilines is 1. The Balaban J connectivity index is 1.74. The molecule has 2 aromatic rings. The van der Waals surface area contributed by atoms with Crippen molar-refractivity contribution in [3.63, 3.8) is 0 Å². The van der Waals surface area contributed by atoms with Gasteiger partial charge < -0.3 is 20.7 Å². The van der Waals surface area contributed by atoms with Gasteiger partial charge >= 0.3 is 0 Å². The number of benzene rings is 1. The Bertz CT molecular complexity index is 644. The number of nitrogens with two attached hydrogens (primary N) is 1. The van der Waals surface area contributed by atoms with Crippen LogP contribution in [0.25, 0.3) is 10.9 Å². The summed E-state index contributed by atoms with van der Waals surface area (Å²) < 4.78 is 0. The van der Waals surface area contributed by atoms with Crippen LogP contribution >= 0.6 is 0 Å². The van der Waals surface area contributed by atoms with Crippen LogP contribution in [0.2, 0.25) is 0 Å². The lowest BCUT2D eigenvalue weighted by Gasteiger charge is -2.34. The van der Waals surface area contributed by atoms with E-state index in [4.69, 9.17) is 10.8 Å². The summed E-state index contributed by atoms with van der Waals surface area (Å²) in [5, 5.41) is 9.89. The van der Waals surface area contributed by atoms with Gasteiger partial charge in [0.05, 0.1) is 17.8 Å². The number of carbonyl (C=O) groups excluding carboxylic acids is 1. The number of rotatable bonds is 3. The highest BCUT2D eigenvalue weighted by Gasteiger charge is 2.23. The van der Waals surface area contributed by atoms with Gasteiger partial charge in [0.2, 0.25) is 0 Å². The Morgan fingerprint density at radius 2 is 2.05 bits per heavy atom. The molecule has 0 aliphatic carbocycles. The molecule has 1 aliphatic heterocycles. The fourth-order valence-electron chi connectivity index (χ4n) is 2.78. The van der Waals surface area contributed by atoms with Crippen molar-refractivity contribution in [2.75, 3.05) is 45.1 Å². The van der Waals surface area contributed by atoms with Crippen LogP contribution in [0.15, 0.2) is 24.3 Å². The number of nitrogen functional groups attached to an aromatic ring is 1. The average molecular weight is 288 g/mol. The molecule has 1 saturated heterocycles. The summed E-state index contributed by atoms with van der Waals surface area (Å²) in [5.74, 6) is 0.00856. The largest absolute Gasteiger partial charge is 0.397 e. The summed E-state index contributed by atoms with van der Waals surface area (Å²) in [4.78, 5) is 19.7. The van der Waals surface area contributed by atoms with Gasteiger partial charge in [0, 0.05) is 38.1 Å². The number of aromatic nitrogens is 1. The third-order valence-electron chi connectivity index (χ3n) is 3.99. The van der Waals surface area contributed by atoms with Gasteiger partial charge in [-0.1, -0.05) is 12.1 Å². The topological polar surface area (TPSA) is 85.6 Å². The third-order valence-corrected chi connectivity index (χ3v) is 3.99. The zero-order valence-corrected chi connectivity index (χ0v) is 11.9. The molecule has 0 bridgehead atoms. The first-order valence-electron chi connectivity index (χ1n) is 7.19. The van der Waals surface area contributed by atoms with Gasteiger partial charge in [0.25, 0.3) is 5.91 Å². The Morgan fingerprint density at radius 3 is 2.71 bits per heavy atom. The highest BCUT2D eigenvalue weighted by Crippen LogP contribution is 2.22. The maximum absolute atomic E-state index is 12.5. The number of β-amino-alcohol motifs (C(OH)–C–C–N with tert-alkyl or cyclic N) is 1. The van der Waals surface area contributed by atoms with E-state index >= 15 is 0 Å². The van der Waals surface area contributed by atoms with Gasteiger partial charge in [-0.3, -0.25) is 9.69 Å². The molecular weight excluding hydrogens is 268 g/mol. The predicted molar refractivity (Wildman–Crippen MR) is 82.1 cm³/mol.